The Bertz CT molecular complexity index is 337. The summed E-state index contributed by atoms with van der Waals surface area (Å²) in [5.41, 5.74) is 2.18. The van der Waals surface area contributed by atoms with Crippen molar-refractivity contribution in [2.45, 2.75) is 13.8 Å². The zero-order chi connectivity index (χ0) is 10.7. The largest absolute Gasteiger partial charge is 0.492 e. The zero-order valence-electron chi connectivity index (χ0n) is 8.88. The normalized spacial score (nSPS) is 9.79. The van der Waals surface area contributed by atoms with Gasteiger partial charge in [0.2, 0.25) is 5.75 Å². The lowest BCUT2D eigenvalue weighted by Gasteiger charge is -2.15. The Morgan fingerprint density at radius 3 is 2.07 bits per heavy atom. The lowest BCUT2D eigenvalue weighted by molar-refractivity contribution is 0.344. The molecule has 0 aromatic heterocycles. The van der Waals surface area contributed by atoms with E-state index in [1.165, 1.54) is 0 Å². The summed E-state index contributed by atoms with van der Waals surface area (Å²) in [4.78, 5) is 0. The second kappa shape index (κ2) is 4.52. The molecule has 0 aliphatic rings. The van der Waals surface area contributed by atoms with Gasteiger partial charge in [-0.2, -0.15) is 0 Å². The molecule has 1 atom stereocenters. The van der Waals surface area contributed by atoms with E-state index in [-0.39, 0.29) is 0 Å². The summed E-state index contributed by atoms with van der Waals surface area (Å²) < 4.78 is 15.6. The van der Waals surface area contributed by atoms with Crippen molar-refractivity contribution in [3.05, 3.63) is 17.2 Å². The quantitative estimate of drug-likeness (QED) is 0.723. The molecule has 1 aromatic rings. The van der Waals surface area contributed by atoms with E-state index in [1.54, 1.807) is 14.2 Å². The predicted octanol–water partition coefficient (Wildman–Crippen LogP) is 2.49. The number of rotatable bonds is 3. The first kappa shape index (κ1) is 11.1. The van der Waals surface area contributed by atoms with Crippen LogP contribution in [-0.2, 0) is 0 Å². The monoisotopic (exact) mass is 214 g/mol. The van der Waals surface area contributed by atoms with E-state index in [0.717, 1.165) is 16.9 Å². The molecule has 0 bridgehead atoms. The van der Waals surface area contributed by atoms with Crippen LogP contribution in [0.2, 0.25) is 0 Å². The van der Waals surface area contributed by atoms with Crippen LogP contribution < -0.4 is 14.0 Å². The molecule has 0 aliphatic carbocycles. The summed E-state index contributed by atoms with van der Waals surface area (Å²) in [5, 5.41) is 0. The SMILES string of the molecule is COc1c(OP)cc(C)c(C)c1OC. The molecule has 0 N–H and O–H groups in total. The fraction of sp³-hybridized carbons (Fsp3) is 0.400. The van der Waals surface area contributed by atoms with E-state index in [1.807, 2.05) is 19.9 Å². The van der Waals surface area contributed by atoms with Crippen LogP contribution in [-0.4, -0.2) is 14.2 Å². The number of hydrogen-bond donors (Lipinski definition) is 0. The molecule has 14 heavy (non-hydrogen) atoms. The van der Waals surface area contributed by atoms with Crippen molar-refractivity contribution in [1.29, 1.82) is 0 Å². The zero-order valence-corrected chi connectivity index (χ0v) is 10.0. The minimum Gasteiger partial charge on any atom is -0.492 e. The van der Waals surface area contributed by atoms with Crippen LogP contribution in [0.15, 0.2) is 6.07 Å². The highest BCUT2D eigenvalue weighted by atomic mass is 31.0. The van der Waals surface area contributed by atoms with Crippen molar-refractivity contribution in [2.24, 2.45) is 0 Å². The van der Waals surface area contributed by atoms with Crippen molar-refractivity contribution in [1.82, 2.24) is 0 Å². The van der Waals surface area contributed by atoms with E-state index in [4.69, 9.17) is 14.0 Å². The van der Waals surface area contributed by atoms with Crippen molar-refractivity contribution < 1.29 is 14.0 Å². The summed E-state index contributed by atoms with van der Waals surface area (Å²) in [7, 11) is 5.42. The first-order valence-corrected chi connectivity index (χ1v) is 4.71. The second-order valence-electron chi connectivity index (χ2n) is 3.00. The summed E-state index contributed by atoms with van der Waals surface area (Å²) in [6.45, 7) is 3.99. The number of benzene rings is 1. The van der Waals surface area contributed by atoms with Gasteiger partial charge >= 0.3 is 0 Å². The third-order valence-corrected chi connectivity index (χ3v) is 2.50. The maximum absolute atomic E-state index is 5.28. The van der Waals surface area contributed by atoms with Gasteiger partial charge in [-0.3, -0.25) is 0 Å². The molecule has 1 aromatic carbocycles. The Morgan fingerprint density at radius 1 is 1.07 bits per heavy atom. The molecule has 0 saturated heterocycles. The van der Waals surface area contributed by atoms with Crippen LogP contribution >= 0.6 is 9.47 Å². The van der Waals surface area contributed by atoms with Crippen molar-refractivity contribution >= 4 is 9.47 Å². The third kappa shape index (κ3) is 1.78. The maximum Gasteiger partial charge on any atom is 0.203 e. The highest BCUT2D eigenvalue weighted by Gasteiger charge is 2.15. The highest BCUT2D eigenvalue weighted by molar-refractivity contribution is 7.10. The Labute approximate surface area is 86.6 Å². The van der Waals surface area contributed by atoms with Gasteiger partial charge in [0.15, 0.2) is 11.5 Å². The number of methoxy groups -OCH3 is 2. The Hall–Kier alpha value is -0.950. The van der Waals surface area contributed by atoms with Crippen molar-refractivity contribution in [3.63, 3.8) is 0 Å². The summed E-state index contributed by atoms with van der Waals surface area (Å²) in [5.74, 6) is 2.02. The van der Waals surface area contributed by atoms with Gasteiger partial charge in [0.1, 0.15) is 0 Å². The molecule has 0 radical (unpaired) electrons. The summed E-state index contributed by atoms with van der Waals surface area (Å²) in [6, 6.07) is 1.92. The first-order valence-electron chi connectivity index (χ1n) is 4.24. The smallest absolute Gasteiger partial charge is 0.203 e. The minimum absolute atomic E-state index is 0.630. The molecule has 78 valence electrons. The first-order chi connectivity index (χ1) is 6.65. The van der Waals surface area contributed by atoms with Gasteiger partial charge in [0, 0.05) is 0 Å². The molecule has 0 fully saturated rings. The topological polar surface area (TPSA) is 27.7 Å². The van der Waals surface area contributed by atoms with E-state index >= 15 is 0 Å². The molecule has 0 aliphatic heterocycles. The molecule has 0 amide bonds. The molecule has 0 heterocycles. The van der Waals surface area contributed by atoms with Crippen molar-refractivity contribution in [3.8, 4) is 17.2 Å². The maximum atomic E-state index is 5.28. The van der Waals surface area contributed by atoms with Gasteiger partial charge in [-0.1, -0.05) is 0 Å². The van der Waals surface area contributed by atoms with E-state index in [9.17, 15) is 0 Å². The number of hydrogen-bond acceptors (Lipinski definition) is 3. The Morgan fingerprint density at radius 2 is 1.64 bits per heavy atom. The van der Waals surface area contributed by atoms with Crippen LogP contribution in [0, 0.1) is 13.8 Å². The lowest BCUT2D eigenvalue weighted by atomic mass is 10.1. The average Bonchev–Trinajstić information content (AvgIpc) is 2.20. The molecule has 0 spiro atoms. The number of aryl methyl sites for hydroxylation is 1. The van der Waals surface area contributed by atoms with Crippen LogP contribution in [0.3, 0.4) is 0 Å². The van der Waals surface area contributed by atoms with E-state index < -0.39 is 0 Å². The van der Waals surface area contributed by atoms with Gasteiger partial charge in [0.05, 0.1) is 23.7 Å². The molecule has 1 unspecified atom stereocenters. The molecule has 4 heteroatoms. The summed E-state index contributed by atoms with van der Waals surface area (Å²) >= 11 is 0. The van der Waals surface area contributed by atoms with Crippen LogP contribution in [0.25, 0.3) is 0 Å². The van der Waals surface area contributed by atoms with Gasteiger partial charge in [-0.05, 0) is 31.0 Å². The fourth-order valence-corrected chi connectivity index (χ4v) is 1.53. The summed E-state index contributed by atoms with van der Waals surface area (Å²) in [6.07, 6.45) is 0. The molecule has 1 rings (SSSR count). The van der Waals surface area contributed by atoms with Crippen LogP contribution in [0.5, 0.6) is 17.2 Å². The molecule has 3 nitrogen and oxygen atoms in total. The van der Waals surface area contributed by atoms with Gasteiger partial charge < -0.3 is 14.0 Å². The standard InChI is InChI=1S/C10H15O3P/c1-6-5-8(13-14)10(12-4)9(11-3)7(6)2/h5H,14H2,1-4H3. The van der Waals surface area contributed by atoms with Crippen molar-refractivity contribution in [2.75, 3.05) is 14.2 Å². The van der Waals surface area contributed by atoms with Gasteiger partial charge in [-0.25, -0.2) is 0 Å². The Balaban J connectivity index is 3.42. The third-order valence-electron chi connectivity index (χ3n) is 2.24. The van der Waals surface area contributed by atoms with Crippen LogP contribution in [0.1, 0.15) is 11.1 Å². The fourth-order valence-electron chi connectivity index (χ4n) is 1.36. The average molecular weight is 214 g/mol. The van der Waals surface area contributed by atoms with E-state index in [0.29, 0.717) is 11.5 Å². The predicted molar refractivity (Wildman–Crippen MR) is 59.4 cm³/mol. The lowest BCUT2D eigenvalue weighted by Crippen LogP contribution is -1.97. The highest BCUT2D eigenvalue weighted by Crippen LogP contribution is 2.41. The van der Waals surface area contributed by atoms with Crippen LogP contribution in [0.4, 0.5) is 0 Å². The number of ether oxygens (including phenoxy) is 2. The minimum atomic E-state index is 0.630. The second-order valence-corrected chi connectivity index (χ2v) is 3.24. The molecular weight excluding hydrogens is 199 g/mol. The molecule has 0 saturated carbocycles. The van der Waals surface area contributed by atoms with E-state index in [2.05, 4.69) is 9.47 Å². The van der Waals surface area contributed by atoms with Gasteiger partial charge in [-0.15, -0.1) is 0 Å². The van der Waals surface area contributed by atoms with Gasteiger partial charge in [0.25, 0.3) is 0 Å². The molecular formula is C10H15O3P. The Kier molecular flexibility index (Phi) is 3.59.